The molecule has 7 nitrogen and oxygen atoms in total. The van der Waals surface area contributed by atoms with E-state index in [9.17, 15) is 4.79 Å². The number of aromatic nitrogens is 4. The van der Waals surface area contributed by atoms with Gasteiger partial charge in [0, 0.05) is 37.7 Å². The first-order valence-corrected chi connectivity index (χ1v) is 9.11. The Morgan fingerprint density at radius 2 is 2.25 bits per heavy atom. The molecule has 0 radical (unpaired) electrons. The van der Waals surface area contributed by atoms with Crippen LogP contribution < -0.4 is 5.32 Å². The van der Waals surface area contributed by atoms with E-state index in [0.29, 0.717) is 12.3 Å². The van der Waals surface area contributed by atoms with E-state index >= 15 is 0 Å². The number of pyridine rings is 1. The van der Waals surface area contributed by atoms with Crippen LogP contribution in [0.5, 0.6) is 0 Å². The van der Waals surface area contributed by atoms with Crippen LogP contribution in [-0.2, 0) is 16.1 Å². The molecule has 1 atom stereocenters. The van der Waals surface area contributed by atoms with Gasteiger partial charge in [0.1, 0.15) is 0 Å². The summed E-state index contributed by atoms with van der Waals surface area (Å²) < 4.78 is 7.51. The van der Waals surface area contributed by atoms with Gasteiger partial charge in [-0.15, -0.1) is 10.2 Å². The molecule has 2 aromatic rings. The summed E-state index contributed by atoms with van der Waals surface area (Å²) in [4.78, 5) is 16.0. The number of hydrogen-bond donors (Lipinski definition) is 1. The molecule has 0 aromatic carbocycles. The second-order valence-electron chi connectivity index (χ2n) is 5.51. The molecule has 3 heterocycles. The van der Waals surface area contributed by atoms with E-state index in [-0.39, 0.29) is 12.0 Å². The first kappa shape index (κ1) is 16.9. The van der Waals surface area contributed by atoms with Crippen molar-refractivity contribution in [1.82, 2.24) is 25.1 Å². The predicted molar refractivity (Wildman–Crippen MR) is 91.6 cm³/mol. The number of amides is 1. The van der Waals surface area contributed by atoms with Gasteiger partial charge in [-0.1, -0.05) is 11.8 Å². The fraction of sp³-hybridized carbons (Fsp3) is 0.500. The largest absolute Gasteiger partial charge is 0.376 e. The maximum absolute atomic E-state index is 12.0. The van der Waals surface area contributed by atoms with Crippen LogP contribution in [0, 0.1) is 0 Å². The van der Waals surface area contributed by atoms with E-state index in [2.05, 4.69) is 20.5 Å². The molecule has 1 aliphatic rings. The number of carbonyl (C=O) groups is 1. The van der Waals surface area contributed by atoms with Crippen LogP contribution in [-0.4, -0.2) is 50.7 Å². The van der Waals surface area contributed by atoms with Gasteiger partial charge in [0.2, 0.25) is 5.91 Å². The lowest BCUT2D eigenvalue weighted by Gasteiger charge is -2.11. The highest BCUT2D eigenvalue weighted by Gasteiger charge is 2.17. The Hall–Kier alpha value is -1.93. The normalized spacial score (nSPS) is 17.1. The zero-order valence-electron chi connectivity index (χ0n) is 13.6. The summed E-state index contributed by atoms with van der Waals surface area (Å²) in [6.45, 7) is 4.16. The highest BCUT2D eigenvalue weighted by Crippen LogP contribution is 2.23. The number of nitrogens with zero attached hydrogens (tertiary/aromatic N) is 4. The quantitative estimate of drug-likeness (QED) is 0.769. The molecule has 1 fully saturated rings. The number of hydrogen-bond acceptors (Lipinski definition) is 6. The third-order valence-electron chi connectivity index (χ3n) is 3.85. The van der Waals surface area contributed by atoms with Crippen LogP contribution in [0.3, 0.4) is 0 Å². The van der Waals surface area contributed by atoms with Gasteiger partial charge in [-0.25, -0.2) is 0 Å². The van der Waals surface area contributed by atoms with Crippen molar-refractivity contribution in [2.24, 2.45) is 0 Å². The Labute approximate surface area is 145 Å². The standard InChI is InChI=1S/C16H21N5O2S/c1-2-21-15(12-5-7-17-8-6-12)19-20-16(21)24-11-14(22)18-10-13-4-3-9-23-13/h5-8,13H,2-4,9-11H2,1H3,(H,18,22). The van der Waals surface area contributed by atoms with Crippen LogP contribution in [0.1, 0.15) is 19.8 Å². The minimum Gasteiger partial charge on any atom is -0.376 e. The number of ether oxygens (including phenoxy) is 1. The van der Waals surface area contributed by atoms with Gasteiger partial charge >= 0.3 is 0 Å². The van der Waals surface area contributed by atoms with E-state index in [1.54, 1.807) is 12.4 Å². The van der Waals surface area contributed by atoms with Crippen LogP contribution >= 0.6 is 11.8 Å². The monoisotopic (exact) mass is 347 g/mol. The molecule has 1 saturated heterocycles. The molecule has 1 amide bonds. The molecular weight excluding hydrogens is 326 g/mol. The van der Waals surface area contributed by atoms with Crippen molar-refractivity contribution in [2.45, 2.75) is 37.6 Å². The van der Waals surface area contributed by atoms with Crippen molar-refractivity contribution < 1.29 is 9.53 Å². The highest BCUT2D eigenvalue weighted by atomic mass is 32.2. The van der Waals surface area contributed by atoms with E-state index in [4.69, 9.17) is 4.74 Å². The van der Waals surface area contributed by atoms with Gasteiger partial charge in [0.15, 0.2) is 11.0 Å². The average molecular weight is 347 g/mol. The lowest BCUT2D eigenvalue weighted by molar-refractivity contribution is -0.119. The molecular formula is C16H21N5O2S. The SMILES string of the molecule is CCn1c(SCC(=O)NCC2CCCO2)nnc1-c1ccncc1. The molecule has 1 unspecified atom stereocenters. The predicted octanol–water partition coefficient (Wildman–Crippen LogP) is 1.75. The Bertz CT molecular complexity index is 670. The van der Waals surface area contributed by atoms with E-state index in [1.807, 2.05) is 23.6 Å². The van der Waals surface area contributed by atoms with Crippen molar-refractivity contribution in [1.29, 1.82) is 0 Å². The maximum atomic E-state index is 12.0. The molecule has 1 aliphatic heterocycles. The van der Waals surface area contributed by atoms with Crippen molar-refractivity contribution in [3.05, 3.63) is 24.5 Å². The molecule has 1 N–H and O–H groups in total. The fourth-order valence-corrected chi connectivity index (χ4v) is 3.44. The summed E-state index contributed by atoms with van der Waals surface area (Å²) in [6, 6.07) is 3.80. The second-order valence-corrected chi connectivity index (χ2v) is 6.46. The number of carbonyl (C=O) groups excluding carboxylic acids is 1. The van der Waals surface area contributed by atoms with Gasteiger partial charge in [-0.05, 0) is 31.9 Å². The highest BCUT2D eigenvalue weighted by molar-refractivity contribution is 7.99. The zero-order valence-corrected chi connectivity index (χ0v) is 14.5. The third kappa shape index (κ3) is 4.12. The van der Waals surface area contributed by atoms with E-state index in [0.717, 1.165) is 42.5 Å². The van der Waals surface area contributed by atoms with Crippen molar-refractivity contribution in [2.75, 3.05) is 18.9 Å². The van der Waals surface area contributed by atoms with Crippen LogP contribution in [0.4, 0.5) is 0 Å². The van der Waals surface area contributed by atoms with Gasteiger partial charge < -0.3 is 14.6 Å². The van der Waals surface area contributed by atoms with Gasteiger partial charge in [-0.2, -0.15) is 0 Å². The lowest BCUT2D eigenvalue weighted by Crippen LogP contribution is -2.32. The molecule has 128 valence electrons. The minimum atomic E-state index is -0.00776. The molecule has 0 spiro atoms. The Morgan fingerprint density at radius 1 is 1.42 bits per heavy atom. The van der Waals surface area contributed by atoms with Gasteiger partial charge in [0.25, 0.3) is 0 Å². The van der Waals surface area contributed by atoms with Crippen molar-refractivity contribution >= 4 is 17.7 Å². The van der Waals surface area contributed by atoms with Crippen LogP contribution in [0.2, 0.25) is 0 Å². The topological polar surface area (TPSA) is 81.9 Å². The summed E-state index contributed by atoms with van der Waals surface area (Å²) in [5.74, 6) is 1.11. The summed E-state index contributed by atoms with van der Waals surface area (Å²) in [7, 11) is 0. The van der Waals surface area contributed by atoms with Gasteiger partial charge in [-0.3, -0.25) is 9.78 Å². The fourth-order valence-electron chi connectivity index (χ4n) is 2.61. The molecule has 0 saturated carbocycles. The van der Waals surface area contributed by atoms with Crippen molar-refractivity contribution in [3.63, 3.8) is 0 Å². The summed E-state index contributed by atoms with van der Waals surface area (Å²) >= 11 is 1.40. The zero-order chi connectivity index (χ0) is 16.8. The smallest absolute Gasteiger partial charge is 0.230 e. The maximum Gasteiger partial charge on any atom is 0.230 e. The molecule has 3 rings (SSSR count). The Kier molecular flexibility index (Phi) is 5.81. The minimum absolute atomic E-state index is 0.00776. The molecule has 8 heteroatoms. The first-order valence-electron chi connectivity index (χ1n) is 8.12. The molecule has 24 heavy (non-hydrogen) atoms. The molecule has 0 aliphatic carbocycles. The second kappa shape index (κ2) is 8.25. The lowest BCUT2D eigenvalue weighted by atomic mass is 10.2. The van der Waals surface area contributed by atoms with Crippen LogP contribution in [0.25, 0.3) is 11.4 Å². The Balaban J connectivity index is 1.57. The van der Waals surface area contributed by atoms with E-state index in [1.165, 1.54) is 11.8 Å². The number of thioether (sulfide) groups is 1. The van der Waals surface area contributed by atoms with E-state index < -0.39 is 0 Å². The average Bonchev–Trinajstić information content (AvgIpc) is 3.28. The summed E-state index contributed by atoms with van der Waals surface area (Å²) in [5, 5.41) is 12.1. The number of rotatable bonds is 7. The summed E-state index contributed by atoms with van der Waals surface area (Å²) in [5.41, 5.74) is 0.967. The number of nitrogens with one attached hydrogen (secondary N) is 1. The van der Waals surface area contributed by atoms with Crippen molar-refractivity contribution in [3.8, 4) is 11.4 Å². The molecule has 2 aromatic heterocycles. The first-order chi connectivity index (χ1) is 11.8. The Morgan fingerprint density at radius 3 is 2.96 bits per heavy atom. The third-order valence-corrected chi connectivity index (χ3v) is 4.82. The summed E-state index contributed by atoms with van der Waals surface area (Å²) in [6.07, 6.45) is 5.72. The molecule has 0 bridgehead atoms. The van der Waals surface area contributed by atoms with Crippen LogP contribution in [0.15, 0.2) is 29.7 Å². The van der Waals surface area contributed by atoms with Gasteiger partial charge in [0.05, 0.1) is 11.9 Å².